The van der Waals surface area contributed by atoms with Crippen molar-refractivity contribution in [3.8, 4) is 6.07 Å². The summed E-state index contributed by atoms with van der Waals surface area (Å²) in [5, 5.41) is 9.66. The first kappa shape index (κ1) is 9.10. The van der Waals surface area contributed by atoms with E-state index in [1.807, 2.05) is 13.0 Å². The van der Waals surface area contributed by atoms with Crippen molar-refractivity contribution in [3.05, 3.63) is 28.5 Å². The maximum absolute atomic E-state index is 13.3. The van der Waals surface area contributed by atoms with E-state index in [0.717, 1.165) is 11.4 Å². The van der Waals surface area contributed by atoms with Gasteiger partial charge in [0.1, 0.15) is 17.4 Å². The number of fused-ring (bicyclic) bond motifs is 1. The Balaban J connectivity index is 2.83. The summed E-state index contributed by atoms with van der Waals surface area (Å²) in [5.74, 6) is -0.295. The Morgan fingerprint density at radius 2 is 2.36 bits per heavy atom. The number of aromatic nitrogens is 1. The molecule has 14 heavy (non-hydrogen) atoms. The Kier molecular flexibility index (Phi) is 2.18. The molecule has 0 N–H and O–H groups in total. The lowest BCUT2D eigenvalue weighted by Crippen LogP contribution is -1.81. The predicted molar refractivity (Wildman–Crippen MR) is 53.7 cm³/mol. The molecular weight excluding hydrogens is 199 g/mol. The highest BCUT2D eigenvalue weighted by Gasteiger charge is 2.10. The van der Waals surface area contributed by atoms with Crippen LogP contribution in [0.15, 0.2) is 12.1 Å². The number of thiazole rings is 1. The summed E-state index contributed by atoms with van der Waals surface area (Å²) in [7, 11) is 0. The Bertz CT molecular complexity index is 525. The van der Waals surface area contributed by atoms with Gasteiger partial charge < -0.3 is 0 Å². The van der Waals surface area contributed by atoms with Crippen LogP contribution in [0.2, 0.25) is 0 Å². The second-order valence-corrected chi connectivity index (χ2v) is 3.93. The fourth-order valence-corrected chi connectivity index (χ4v) is 2.20. The summed E-state index contributed by atoms with van der Waals surface area (Å²) in [4.78, 5) is 4.22. The third-order valence-electron chi connectivity index (χ3n) is 1.96. The van der Waals surface area contributed by atoms with E-state index in [4.69, 9.17) is 5.26 Å². The van der Waals surface area contributed by atoms with Gasteiger partial charge in [-0.2, -0.15) is 5.26 Å². The second-order valence-electron chi connectivity index (χ2n) is 2.85. The molecule has 0 aliphatic rings. The molecule has 0 atom stereocenters. The SMILES string of the molecule is CCc1nc2c(C#N)ccc(F)c2s1. The molecule has 2 aromatic rings. The minimum Gasteiger partial charge on any atom is -0.240 e. The van der Waals surface area contributed by atoms with E-state index in [2.05, 4.69) is 4.98 Å². The van der Waals surface area contributed by atoms with E-state index in [0.29, 0.717) is 15.8 Å². The van der Waals surface area contributed by atoms with Crippen molar-refractivity contribution in [2.24, 2.45) is 0 Å². The Hall–Kier alpha value is -1.47. The number of nitriles is 1. The molecule has 2 rings (SSSR count). The molecule has 0 saturated carbocycles. The first-order valence-corrected chi connectivity index (χ1v) is 5.06. The number of benzene rings is 1. The fourth-order valence-electron chi connectivity index (χ4n) is 1.26. The van der Waals surface area contributed by atoms with E-state index in [1.165, 1.54) is 23.5 Å². The van der Waals surface area contributed by atoms with Crippen molar-refractivity contribution >= 4 is 21.6 Å². The van der Waals surface area contributed by atoms with Crippen LogP contribution in [0.4, 0.5) is 4.39 Å². The minimum atomic E-state index is -0.295. The van der Waals surface area contributed by atoms with Crippen LogP contribution in [0, 0.1) is 17.1 Å². The zero-order valence-corrected chi connectivity index (χ0v) is 8.36. The lowest BCUT2D eigenvalue weighted by atomic mass is 10.2. The van der Waals surface area contributed by atoms with Gasteiger partial charge in [-0.25, -0.2) is 9.37 Å². The maximum Gasteiger partial charge on any atom is 0.142 e. The molecule has 0 amide bonds. The van der Waals surface area contributed by atoms with Crippen molar-refractivity contribution < 1.29 is 4.39 Å². The first-order valence-electron chi connectivity index (χ1n) is 4.24. The van der Waals surface area contributed by atoms with Crippen LogP contribution in [0.1, 0.15) is 17.5 Å². The summed E-state index contributed by atoms with van der Waals surface area (Å²) in [6.07, 6.45) is 0.768. The van der Waals surface area contributed by atoms with Gasteiger partial charge in [-0.1, -0.05) is 6.92 Å². The van der Waals surface area contributed by atoms with Gasteiger partial charge in [0.2, 0.25) is 0 Å². The van der Waals surface area contributed by atoms with Gasteiger partial charge in [-0.3, -0.25) is 0 Å². The molecule has 0 saturated heterocycles. The van der Waals surface area contributed by atoms with Gasteiger partial charge in [0.25, 0.3) is 0 Å². The molecule has 2 nitrogen and oxygen atoms in total. The van der Waals surface area contributed by atoms with Gasteiger partial charge in [0, 0.05) is 0 Å². The first-order chi connectivity index (χ1) is 6.76. The van der Waals surface area contributed by atoms with Crippen LogP contribution < -0.4 is 0 Å². The third-order valence-corrected chi connectivity index (χ3v) is 3.17. The minimum absolute atomic E-state index is 0.295. The second kappa shape index (κ2) is 3.35. The number of hydrogen-bond acceptors (Lipinski definition) is 3. The van der Waals surface area contributed by atoms with Gasteiger partial charge in [-0.15, -0.1) is 11.3 Å². The van der Waals surface area contributed by atoms with E-state index < -0.39 is 0 Å². The normalized spacial score (nSPS) is 10.4. The smallest absolute Gasteiger partial charge is 0.142 e. The van der Waals surface area contributed by atoms with Gasteiger partial charge in [0.15, 0.2) is 0 Å². The van der Waals surface area contributed by atoms with E-state index in [-0.39, 0.29) is 5.82 Å². The van der Waals surface area contributed by atoms with E-state index >= 15 is 0 Å². The summed E-state index contributed by atoms with van der Waals surface area (Å²) in [5.41, 5.74) is 0.937. The highest BCUT2D eigenvalue weighted by molar-refractivity contribution is 7.18. The van der Waals surface area contributed by atoms with Crippen LogP contribution in [0.5, 0.6) is 0 Å². The van der Waals surface area contributed by atoms with Crippen molar-refractivity contribution in [2.75, 3.05) is 0 Å². The average Bonchev–Trinajstić information content (AvgIpc) is 2.63. The number of nitrogens with zero attached hydrogens (tertiary/aromatic N) is 2. The number of aryl methyl sites for hydroxylation is 1. The monoisotopic (exact) mass is 206 g/mol. The average molecular weight is 206 g/mol. The van der Waals surface area contributed by atoms with Crippen molar-refractivity contribution in [1.29, 1.82) is 5.26 Å². The summed E-state index contributed by atoms with van der Waals surface area (Å²) < 4.78 is 13.8. The van der Waals surface area contributed by atoms with Crippen LogP contribution in [0.3, 0.4) is 0 Å². The van der Waals surface area contributed by atoms with Gasteiger partial charge in [0.05, 0.1) is 15.3 Å². The lowest BCUT2D eigenvalue weighted by molar-refractivity contribution is 0.641. The molecule has 0 unspecified atom stereocenters. The Morgan fingerprint density at radius 3 is 3.00 bits per heavy atom. The zero-order chi connectivity index (χ0) is 10.1. The lowest BCUT2D eigenvalue weighted by Gasteiger charge is -1.91. The summed E-state index contributed by atoms with van der Waals surface area (Å²) >= 11 is 1.32. The molecule has 1 aromatic carbocycles. The molecule has 1 aromatic heterocycles. The molecule has 4 heteroatoms. The molecule has 0 fully saturated rings. The molecular formula is C10H7FN2S. The highest BCUT2D eigenvalue weighted by atomic mass is 32.1. The molecule has 0 aliphatic carbocycles. The largest absolute Gasteiger partial charge is 0.240 e. The molecule has 0 bridgehead atoms. The third kappa shape index (κ3) is 1.26. The van der Waals surface area contributed by atoms with Gasteiger partial charge in [-0.05, 0) is 18.6 Å². The van der Waals surface area contributed by atoms with Crippen molar-refractivity contribution in [3.63, 3.8) is 0 Å². The molecule has 0 radical (unpaired) electrons. The highest BCUT2D eigenvalue weighted by Crippen LogP contribution is 2.27. The maximum atomic E-state index is 13.3. The Morgan fingerprint density at radius 1 is 1.57 bits per heavy atom. The molecule has 70 valence electrons. The summed E-state index contributed by atoms with van der Waals surface area (Å²) in [6, 6.07) is 4.80. The molecule has 1 heterocycles. The van der Waals surface area contributed by atoms with Gasteiger partial charge >= 0.3 is 0 Å². The zero-order valence-electron chi connectivity index (χ0n) is 7.54. The van der Waals surface area contributed by atoms with Crippen LogP contribution >= 0.6 is 11.3 Å². The van der Waals surface area contributed by atoms with Crippen LogP contribution in [0.25, 0.3) is 10.2 Å². The predicted octanol–water partition coefficient (Wildman–Crippen LogP) is 2.87. The fraction of sp³-hybridized carbons (Fsp3) is 0.200. The topological polar surface area (TPSA) is 36.7 Å². The standard InChI is InChI=1S/C10H7FN2S/c1-2-8-13-9-6(5-12)3-4-7(11)10(9)14-8/h3-4H,2H2,1H3. The van der Waals surface area contributed by atoms with Crippen molar-refractivity contribution in [2.45, 2.75) is 13.3 Å². The van der Waals surface area contributed by atoms with Crippen molar-refractivity contribution in [1.82, 2.24) is 4.98 Å². The van der Waals surface area contributed by atoms with Crippen LogP contribution in [-0.4, -0.2) is 4.98 Å². The molecule has 0 aliphatic heterocycles. The van der Waals surface area contributed by atoms with E-state index in [1.54, 1.807) is 0 Å². The quantitative estimate of drug-likeness (QED) is 0.719. The van der Waals surface area contributed by atoms with Crippen LogP contribution in [-0.2, 0) is 6.42 Å². The molecule has 0 spiro atoms. The number of rotatable bonds is 1. The van der Waals surface area contributed by atoms with E-state index in [9.17, 15) is 4.39 Å². The number of hydrogen-bond donors (Lipinski definition) is 0. The summed E-state index contributed by atoms with van der Waals surface area (Å²) in [6.45, 7) is 1.96. The number of halogens is 1. The Labute approximate surface area is 84.6 Å².